The van der Waals surface area contributed by atoms with Crippen LogP contribution >= 0.6 is 0 Å². The van der Waals surface area contributed by atoms with Gasteiger partial charge in [-0.3, -0.25) is 0 Å². The highest BCUT2D eigenvalue weighted by molar-refractivity contribution is 7.20. The topological polar surface area (TPSA) is 41.4 Å². The second-order valence-corrected chi connectivity index (χ2v) is 14.8. The summed E-state index contributed by atoms with van der Waals surface area (Å²) in [5, 5.41) is 0. The maximum absolute atomic E-state index is 16.3. The maximum atomic E-state index is 16.3. The summed E-state index contributed by atoms with van der Waals surface area (Å²) in [6.45, 7) is 9.46. The molecule has 0 saturated heterocycles. The molecule has 0 aromatic heterocycles. The maximum Gasteiger partial charge on any atom is 0.206 e. The van der Waals surface area contributed by atoms with Gasteiger partial charge in [0.2, 0.25) is 23.3 Å². The van der Waals surface area contributed by atoms with Crippen LogP contribution in [0, 0.1) is 93.1 Å². The van der Waals surface area contributed by atoms with E-state index in [1.54, 1.807) is 0 Å². The second kappa shape index (κ2) is 19.2. The zero-order chi connectivity index (χ0) is 47.0. The van der Waals surface area contributed by atoms with Crippen molar-refractivity contribution in [1.82, 2.24) is 0 Å². The molecule has 1 aliphatic rings. The number of halogens is 16. The number of hydrogen-bond acceptors (Lipinski definition) is 4. The molecule has 0 radical (unpaired) electrons. The molecule has 4 aromatic rings. The summed E-state index contributed by atoms with van der Waals surface area (Å²) < 4.78 is 266. The lowest BCUT2D eigenvalue weighted by atomic mass is 9.12. The summed E-state index contributed by atoms with van der Waals surface area (Å²) in [6.07, 6.45) is 0.724. The summed E-state index contributed by atoms with van der Waals surface area (Å²) >= 11 is 0. The van der Waals surface area contributed by atoms with Gasteiger partial charge in [0, 0.05) is 0 Å². The molecule has 0 amide bonds. The van der Waals surface area contributed by atoms with Crippen molar-refractivity contribution in [3.63, 3.8) is 0 Å². The lowest BCUT2D eigenvalue weighted by Gasteiger charge is -2.45. The first kappa shape index (κ1) is 49.6. The molecular weight excluding hydrogens is 873 g/mol. The van der Waals surface area contributed by atoms with Crippen molar-refractivity contribution >= 4 is 28.0 Å². The first-order valence-electron chi connectivity index (χ1n) is 18.6. The average Bonchev–Trinajstić information content (AvgIpc) is 3.22. The van der Waals surface area contributed by atoms with Crippen molar-refractivity contribution in [2.75, 3.05) is 28.4 Å². The Hall–Kier alpha value is -5.02. The van der Waals surface area contributed by atoms with E-state index in [4.69, 9.17) is 0 Å². The Morgan fingerprint density at radius 1 is 0.355 bits per heavy atom. The largest absolute Gasteiger partial charge is 0.491 e. The fourth-order valence-electron chi connectivity index (χ4n) is 8.67. The monoisotopic (exact) mass is 911 g/mol. The van der Waals surface area contributed by atoms with Gasteiger partial charge in [-0.2, -0.15) is 17.6 Å². The van der Waals surface area contributed by atoms with Crippen LogP contribution in [-0.2, 0) is 0 Å². The number of hydrogen-bond donors (Lipinski definition) is 1. The minimum absolute atomic E-state index is 0.266. The van der Waals surface area contributed by atoms with Gasteiger partial charge in [0.25, 0.3) is 0 Å². The van der Waals surface area contributed by atoms with E-state index in [0.717, 1.165) is 18.1 Å². The number of nitrogens with one attached hydrogen (secondary N) is 1. The molecule has 1 aliphatic carbocycles. The molecule has 0 atom stereocenters. The summed E-state index contributed by atoms with van der Waals surface area (Å²) in [4.78, 5) is 1.83. The second-order valence-electron chi connectivity index (χ2n) is 14.8. The Balaban J connectivity index is 0.000000554. The summed E-state index contributed by atoms with van der Waals surface area (Å²) in [5.74, 6) is -57.2. The Morgan fingerprint density at radius 3 is 0.774 bits per heavy atom. The summed E-state index contributed by atoms with van der Waals surface area (Å²) in [6, 6.07) is 2.54. The van der Waals surface area contributed by atoms with Gasteiger partial charge in [-0.25, -0.2) is 52.7 Å². The van der Waals surface area contributed by atoms with Crippen LogP contribution in [0.3, 0.4) is 0 Å². The molecule has 5 nitrogen and oxygen atoms in total. The molecule has 0 spiro atoms. The highest BCUT2D eigenvalue weighted by Crippen LogP contribution is 2.36. The number of quaternary nitrogens is 1. The molecule has 0 heterocycles. The van der Waals surface area contributed by atoms with Crippen LogP contribution in [0.4, 0.5) is 70.2 Å². The lowest BCUT2D eigenvalue weighted by Crippen LogP contribution is -3.21. The molecule has 0 bridgehead atoms. The molecular formula is C40H38BF16NO4. The third-order valence-electron chi connectivity index (χ3n) is 11.0. The van der Waals surface area contributed by atoms with E-state index in [1.165, 1.54) is 32.1 Å². The standard InChI is InChI=1S/C28H12BF16O4.C12H25N/c1-46-25-13(34)5(9(30)17(38)21(25)42)29(6-10(31)18(39)22(43)26(47-2)14(6)35,7-11(32)19(40)23(44)27(48-3)15(7)36)8-12(33)20(41)24(45)28(49-4)16(8)37;1-10(2)13(11(3)4)12-8-6-5-7-9-12/h1-4H3;10-12H,5-9H2,1-4H3/q-1;/p+1. The first-order chi connectivity index (χ1) is 29.0. The Morgan fingerprint density at radius 2 is 0.581 bits per heavy atom. The minimum atomic E-state index is -6.61. The van der Waals surface area contributed by atoms with Gasteiger partial charge < -0.3 is 23.8 Å². The van der Waals surface area contributed by atoms with E-state index in [0.29, 0.717) is 0 Å². The van der Waals surface area contributed by atoms with E-state index in [9.17, 15) is 17.6 Å². The van der Waals surface area contributed by atoms with Gasteiger partial charge in [-0.1, -0.05) is 6.42 Å². The molecule has 22 heteroatoms. The quantitative estimate of drug-likeness (QED) is 0.0741. The van der Waals surface area contributed by atoms with E-state index in [2.05, 4.69) is 46.6 Å². The van der Waals surface area contributed by atoms with E-state index in [-0.39, 0.29) is 28.4 Å². The number of benzene rings is 4. The van der Waals surface area contributed by atoms with Gasteiger partial charge in [-0.15, -0.1) is 21.9 Å². The highest BCUT2D eigenvalue weighted by Gasteiger charge is 2.52. The van der Waals surface area contributed by atoms with Crippen LogP contribution in [0.1, 0.15) is 59.8 Å². The third kappa shape index (κ3) is 7.84. The molecule has 4 aromatic carbocycles. The van der Waals surface area contributed by atoms with Crippen LogP contribution in [-0.4, -0.2) is 52.7 Å². The highest BCUT2D eigenvalue weighted by atomic mass is 19.2. The van der Waals surface area contributed by atoms with E-state index >= 15 is 52.7 Å². The van der Waals surface area contributed by atoms with Gasteiger partial charge >= 0.3 is 0 Å². The van der Waals surface area contributed by atoms with Crippen LogP contribution < -0.4 is 45.7 Å². The lowest BCUT2D eigenvalue weighted by molar-refractivity contribution is -0.967. The van der Waals surface area contributed by atoms with Crippen molar-refractivity contribution < 1.29 is 94.1 Å². The fraction of sp³-hybridized carbons (Fsp3) is 0.400. The van der Waals surface area contributed by atoms with E-state index in [1.807, 2.05) is 4.90 Å². The Labute approximate surface area is 344 Å². The van der Waals surface area contributed by atoms with Gasteiger partial charge in [-0.05, 0) is 53.4 Å². The zero-order valence-electron chi connectivity index (χ0n) is 34.0. The summed E-state index contributed by atoms with van der Waals surface area (Å²) in [7, 11) is 1.07. The van der Waals surface area contributed by atoms with Crippen molar-refractivity contribution in [1.29, 1.82) is 0 Å². The van der Waals surface area contributed by atoms with Crippen molar-refractivity contribution in [2.45, 2.75) is 77.9 Å². The van der Waals surface area contributed by atoms with Crippen molar-refractivity contribution in [3.8, 4) is 23.0 Å². The Kier molecular flexibility index (Phi) is 15.3. The van der Waals surface area contributed by atoms with Gasteiger partial charge in [0.05, 0.1) is 46.6 Å². The molecule has 0 aliphatic heterocycles. The molecule has 1 saturated carbocycles. The molecule has 62 heavy (non-hydrogen) atoms. The predicted octanol–water partition coefficient (Wildman–Crippen LogP) is 7.34. The zero-order valence-corrected chi connectivity index (χ0v) is 34.0. The van der Waals surface area contributed by atoms with Crippen molar-refractivity contribution in [3.05, 3.63) is 93.1 Å². The molecule has 5 rings (SSSR count). The molecule has 0 unspecified atom stereocenters. The smallest absolute Gasteiger partial charge is 0.206 e. The van der Waals surface area contributed by atoms with Crippen LogP contribution in [0.5, 0.6) is 23.0 Å². The number of rotatable bonds is 11. The minimum Gasteiger partial charge on any atom is -0.491 e. The number of methoxy groups -OCH3 is 4. The number of ether oxygens (including phenoxy) is 4. The van der Waals surface area contributed by atoms with E-state index < -0.39 is 144 Å². The summed E-state index contributed by atoms with van der Waals surface area (Å²) in [5.41, 5.74) is -11.8. The molecule has 1 N–H and O–H groups in total. The van der Waals surface area contributed by atoms with Crippen LogP contribution in [0.2, 0.25) is 0 Å². The van der Waals surface area contributed by atoms with Crippen LogP contribution in [0.15, 0.2) is 0 Å². The third-order valence-corrected chi connectivity index (χ3v) is 11.0. The van der Waals surface area contributed by atoms with Crippen molar-refractivity contribution in [2.24, 2.45) is 0 Å². The van der Waals surface area contributed by atoms with Crippen LogP contribution in [0.25, 0.3) is 0 Å². The fourth-order valence-corrected chi connectivity index (χ4v) is 8.67. The first-order valence-corrected chi connectivity index (χ1v) is 18.6. The molecule has 1 fully saturated rings. The van der Waals surface area contributed by atoms with Gasteiger partial charge in [0.15, 0.2) is 46.3 Å². The van der Waals surface area contributed by atoms with Gasteiger partial charge in [0.1, 0.15) is 52.7 Å². The Bertz CT molecular complexity index is 2060. The average molecular weight is 912 g/mol. The SMILES string of the molecule is CC(C)[NH+](C(C)C)C1CCCCC1.COc1c(F)c(F)c(F)c([B-](c2c(F)c(F)c(F)c(OC)c2F)(c2c(F)c(F)c(F)c(OC)c2F)c2c(F)c(F)c(F)c(OC)c2F)c1F. The predicted molar refractivity (Wildman–Crippen MR) is 194 cm³/mol. The normalized spacial score (nSPS) is 13.5. The molecule has 342 valence electrons.